The molecule has 1 heterocycles. The summed E-state index contributed by atoms with van der Waals surface area (Å²) in [6.45, 7) is 6.27. The highest BCUT2D eigenvalue weighted by atomic mass is 16.3. The topological polar surface area (TPSA) is 78.4 Å². The molecule has 5 nitrogen and oxygen atoms in total. The van der Waals surface area contributed by atoms with E-state index in [-0.39, 0.29) is 11.4 Å². The molecule has 1 N–H and O–H groups in total. The van der Waals surface area contributed by atoms with Crippen LogP contribution < -0.4 is 5.56 Å². The number of rotatable bonds is 8. The van der Waals surface area contributed by atoms with Crippen molar-refractivity contribution in [3.8, 4) is 11.9 Å². The Bertz CT molecular complexity index is 903. The molecule has 0 aliphatic heterocycles. The molecule has 0 radical (unpaired) electrons. The van der Waals surface area contributed by atoms with E-state index in [1.165, 1.54) is 16.3 Å². The number of aliphatic imine (C=N–C) groups is 1. The molecule has 2 rings (SSSR count). The van der Waals surface area contributed by atoms with Gasteiger partial charge in [-0.25, -0.2) is 0 Å². The number of hydrogen-bond acceptors (Lipinski definition) is 4. The lowest BCUT2D eigenvalue weighted by molar-refractivity contribution is 0.397. The Labute approximate surface area is 160 Å². The summed E-state index contributed by atoms with van der Waals surface area (Å²) in [5.74, 6) is -0.123. The molecule has 0 aliphatic rings. The molecule has 0 amide bonds. The van der Waals surface area contributed by atoms with Gasteiger partial charge in [0, 0.05) is 12.8 Å². The highest BCUT2D eigenvalue weighted by molar-refractivity contribution is 5.87. The van der Waals surface area contributed by atoms with E-state index in [2.05, 4.69) is 18.8 Å². The van der Waals surface area contributed by atoms with E-state index in [1.54, 1.807) is 6.92 Å². The second-order valence-corrected chi connectivity index (χ2v) is 6.64. The maximum absolute atomic E-state index is 12.5. The van der Waals surface area contributed by atoms with E-state index >= 15 is 0 Å². The third-order valence-corrected chi connectivity index (χ3v) is 4.77. The third kappa shape index (κ3) is 4.85. The molecule has 0 spiro atoms. The molecular weight excluding hydrogens is 338 g/mol. The van der Waals surface area contributed by atoms with Gasteiger partial charge in [-0.2, -0.15) is 5.26 Å². The molecule has 27 heavy (non-hydrogen) atoms. The predicted octanol–water partition coefficient (Wildman–Crippen LogP) is 4.63. The van der Waals surface area contributed by atoms with Crippen LogP contribution in [0.2, 0.25) is 0 Å². The largest absolute Gasteiger partial charge is 0.494 e. The number of aromatic nitrogens is 1. The van der Waals surface area contributed by atoms with Crippen LogP contribution in [-0.2, 0) is 13.0 Å². The van der Waals surface area contributed by atoms with Gasteiger partial charge < -0.3 is 5.11 Å². The van der Waals surface area contributed by atoms with Gasteiger partial charge in [-0.3, -0.25) is 14.4 Å². The van der Waals surface area contributed by atoms with Crippen molar-refractivity contribution >= 4 is 11.9 Å². The van der Waals surface area contributed by atoms with Crippen molar-refractivity contribution in [3.63, 3.8) is 0 Å². The van der Waals surface area contributed by atoms with Crippen LogP contribution in [0.4, 0.5) is 5.69 Å². The molecular formula is C22H27N3O2. The first-order valence-electron chi connectivity index (χ1n) is 9.52. The van der Waals surface area contributed by atoms with Gasteiger partial charge in [-0.1, -0.05) is 45.2 Å². The normalized spacial score (nSPS) is 11.0. The average Bonchev–Trinajstić information content (AvgIpc) is 2.68. The number of unbranched alkanes of at least 4 members (excludes halogenated alkanes) is 3. The number of nitriles is 1. The van der Waals surface area contributed by atoms with Gasteiger partial charge in [0.15, 0.2) is 0 Å². The van der Waals surface area contributed by atoms with Gasteiger partial charge >= 0.3 is 0 Å². The maximum Gasteiger partial charge on any atom is 0.271 e. The zero-order valence-corrected chi connectivity index (χ0v) is 16.3. The van der Waals surface area contributed by atoms with Crippen molar-refractivity contribution in [2.75, 3.05) is 0 Å². The van der Waals surface area contributed by atoms with Crippen LogP contribution in [0, 0.1) is 18.3 Å². The lowest BCUT2D eigenvalue weighted by Crippen LogP contribution is -2.25. The molecule has 142 valence electrons. The Balaban J connectivity index is 2.40. The fourth-order valence-corrected chi connectivity index (χ4v) is 2.99. The molecule has 2 aromatic rings. The van der Waals surface area contributed by atoms with Gasteiger partial charge in [0.2, 0.25) is 5.88 Å². The van der Waals surface area contributed by atoms with Crippen LogP contribution in [0.1, 0.15) is 61.8 Å². The lowest BCUT2D eigenvalue weighted by Gasteiger charge is -2.14. The lowest BCUT2D eigenvalue weighted by atomic mass is 10.1. The Morgan fingerprint density at radius 3 is 2.48 bits per heavy atom. The summed E-state index contributed by atoms with van der Waals surface area (Å²) in [5.41, 5.74) is 2.48. The van der Waals surface area contributed by atoms with E-state index in [9.17, 15) is 15.2 Å². The number of aromatic hydroxyl groups is 1. The standard InChI is InChI=1S/C22H27N3O2/c1-4-6-7-8-13-25-21(26)19(14-23)16(3)20(22(25)27)15-24-18-11-9-17(5-2)10-12-18/h9-12,15,27H,4-8,13H2,1-3H3. The van der Waals surface area contributed by atoms with Crippen LogP contribution in [0.3, 0.4) is 0 Å². The number of nitrogens with zero attached hydrogens (tertiary/aromatic N) is 3. The van der Waals surface area contributed by atoms with Gasteiger partial charge in [0.05, 0.1) is 11.3 Å². The quantitative estimate of drug-likeness (QED) is 0.547. The predicted molar refractivity (Wildman–Crippen MR) is 109 cm³/mol. The van der Waals surface area contributed by atoms with E-state index in [4.69, 9.17) is 0 Å². The summed E-state index contributed by atoms with van der Waals surface area (Å²) in [7, 11) is 0. The molecule has 1 aromatic carbocycles. The molecule has 0 fully saturated rings. The second kappa shape index (κ2) is 9.72. The highest BCUT2D eigenvalue weighted by Crippen LogP contribution is 2.22. The first kappa shape index (κ1) is 20.4. The van der Waals surface area contributed by atoms with Crippen LogP contribution >= 0.6 is 0 Å². The van der Waals surface area contributed by atoms with Crippen molar-refractivity contribution in [3.05, 3.63) is 56.9 Å². The van der Waals surface area contributed by atoms with Gasteiger partial charge in [0.1, 0.15) is 11.6 Å². The van der Waals surface area contributed by atoms with Crippen molar-refractivity contribution in [2.45, 2.75) is 59.4 Å². The third-order valence-electron chi connectivity index (χ3n) is 4.77. The van der Waals surface area contributed by atoms with Crippen LogP contribution in [-0.4, -0.2) is 15.9 Å². The summed E-state index contributed by atoms with van der Waals surface area (Å²) >= 11 is 0. The first-order valence-corrected chi connectivity index (χ1v) is 9.52. The summed E-state index contributed by atoms with van der Waals surface area (Å²) in [5, 5.41) is 20.1. The zero-order valence-electron chi connectivity index (χ0n) is 16.3. The fourth-order valence-electron chi connectivity index (χ4n) is 2.99. The molecule has 0 bridgehead atoms. The van der Waals surface area contributed by atoms with E-state index in [0.29, 0.717) is 17.7 Å². The van der Waals surface area contributed by atoms with E-state index < -0.39 is 5.56 Å². The summed E-state index contributed by atoms with van der Waals surface area (Å²) < 4.78 is 1.29. The highest BCUT2D eigenvalue weighted by Gasteiger charge is 2.17. The Kier molecular flexibility index (Phi) is 7.36. The number of benzene rings is 1. The second-order valence-electron chi connectivity index (χ2n) is 6.64. The fraction of sp³-hybridized carbons (Fsp3) is 0.409. The van der Waals surface area contributed by atoms with Crippen LogP contribution in [0.25, 0.3) is 0 Å². The molecule has 0 atom stereocenters. The minimum atomic E-state index is -0.437. The maximum atomic E-state index is 12.5. The minimum Gasteiger partial charge on any atom is -0.494 e. The number of aryl methyl sites for hydroxylation is 1. The van der Waals surface area contributed by atoms with Crippen molar-refractivity contribution in [2.24, 2.45) is 4.99 Å². The molecule has 0 aliphatic carbocycles. The Morgan fingerprint density at radius 1 is 1.19 bits per heavy atom. The molecule has 0 saturated carbocycles. The van der Waals surface area contributed by atoms with E-state index in [0.717, 1.165) is 37.8 Å². The molecule has 5 heteroatoms. The van der Waals surface area contributed by atoms with E-state index in [1.807, 2.05) is 30.3 Å². The Hall–Kier alpha value is -2.87. The summed E-state index contributed by atoms with van der Waals surface area (Å²) in [4.78, 5) is 17.0. The SMILES string of the molecule is CCCCCCn1c(O)c(C=Nc2ccc(CC)cc2)c(C)c(C#N)c1=O. The van der Waals surface area contributed by atoms with Crippen molar-refractivity contribution < 1.29 is 5.11 Å². The van der Waals surface area contributed by atoms with Gasteiger partial charge in [-0.05, 0) is 43.0 Å². The number of pyridine rings is 1. The average molecular weight is 365 g/mol. The summed E-state index contributed by atoms with van der Waals surface area (Å²) in [6, 6.07) is 9.82. The molecule has 0 unspecified atom stereocenters. The minimum absolute atomic E-state index is 0.0612. The number of hydrogen-bond donors (Lipinski definition) is 1. The summed E-state index contributed by atoms with van der Waals surface area (Å²) in [6.07, 6.45) is 6.42. The van der Waals surface area contributed by atoms with Gasteiger partial charge in [-0.15, -0.1) is 0 Å². The molecule has 1 aromatic heterocycles. The molecule has 0 saturated heterocycles. The Morgan fingerprint density at radius 2 is 1.89 bits per heavy atom. The van der Waals surface area contributed by atoms with Crippen molar-refractivity contribution in [1.29, 1.82) is 5.26 Å². The van der Waals surface area contributed by atoms with Crippen LogP contribution in [0.15, 0.2) is 34.1 Å². The van der Waals surface area contributed by atoms with Gasteiger partial charge in [0.25, 0.3) is 5.56 Å². The van der Waals surface area contributed by atoms with Crippen LogP contribution in [0.5, 0.6) is 5.88 Å². The van der Waals surface area contributed by atoms with Crippen molar-refractivity contribution in [1.82, 2.24) is 4.57 Å². The first-order chi connectivity index (χ1) is 13.0. The monoisotopic (exact) mass is 365 g/mol. The zero-order chi connectivity index (χ0) is 19.8. The smallest absolute Gasteiger partial charge is 0.271 e.